The van der Waals surface area contributed by atoms with E-state index in [-0.39, 0.29) is 0 Å². The predicted octanol–water partition coefficient (Wildman–Crippen LogP) is 2.84. The average molecular weight is 123 g/mol. The molecule has 0 unspecified atom stereocenters. The first-order valence-electron chi connectivity index (χ1n) is 4.13. The third-order valence-corrected chi connectivity index (χ3v) is 1.56. The molecule has 0 spiro atoms. The van der Waals surface area contributed by atoms with E-state index in [0.717, 1.165) is 11.8 Å². The van der Waals surface area contributed by atoms with Crippen LogP contribution in [0.1, 0.15) is 27.7 Å². The van der Waals surface area contributed by atoms with Crippen LogP contribution in [0, 0.1) is 11.8 Å². The van der Waals surface area contributed by atoms with Crippen LogP contribution in [0.5, 0.6) is 0 Å². The Labute approximate surface area is 61.3 Å². The molecule has 9 heavy (non-hydrogen) atoms. The maximum atomic E-state index is 2.29. The first-order valence-corrected chi connectivity index (χ1v) is 4.13. The Morgan fingerprint density at radius 2 is 1.22 bits per heavy atom. The summed E-state index contributed by atoms with van der Waals surface area (Å²) < 4.78 is 0. The van der Waals surface area contributed by atoms with Gasteiger partial charge in [0.15, 0.2) is 0 Å². The van der Waals surface area contributed by atoms with E-state index in [0.29, 0.717) is 0 Å². The fourth-order valence-electron chi connectivity index (χ4n) is 0.934. The third-order valence-electron chi connectivity index (χ3n) is 1.56. The van der Waals surface area contributed by atoms with E-state index in [4.69, 9.17) is 0 Å². The second-order valence-corrected chi connectivity index (χ2v) is 3.72. The topological polar surface area (TPSA) is 0 Å². The van der Waals surface area contributed by atoms with E-state index in [1.807, 2.05) is 0 Å². The van der Waals surface area contributed by atoms with Gasteiger partial charge in [-0.05, 0) is 0 Å². The van der Waals surface area contributed by atoms with Crippen LogP contribution >= 0.6 is 0 Å². The molecule has 0 aliphatic carbocycles. The number of hydrogen-bond donors (Lipinski definition) is 0. The van der Waals surface area contributed by atoms with Crippen LogP contribution in [-0.2, 0) is 0 Å². The molecule has 0 radical (unpaired) electrons. The van der Waals surface area contributed by atoms with Crippen LogP contribution in [-0.4, -0.2) is 8.78 Å². The summed E-state index contributed by atoms with van der Waals surface area (Å²) in [6.07, 6.45) is 2.80. The van der Waals surface area contributed by atoms with Gasteiger partial charge in [0.25, 0.3) is 0 Å². The van der Waals surface area contributed by atoms with Gasteiger partial charge in [-0.3, -0.25) is 0 Å². The van der Waals surface area contributed by atoms with Gasteiger partial charge in [-0.15, -0.1) is 0 Å². The molecule has 1 heteroatoms. The molecule has 0 aliphatic rings. The summed E-state index contributed by atoms with van der Waals surface area (Å²) in [5.74, 6) is 1.78. The fourth-order valence-corrected chi connectivity index (χ4v) is 0.934. The van der Waals surface area contributed by atoms with Crippen LogP contribution < -0.4 is 0 Å². The molecular formula is C8H18Be. The van der Waals surface area contributed by atoms with E-state index in [1.54, 1.807) is 0 Å². The second-order valence-electron chi connectivity index (χ2n) is 3.72. The van der Waals surface area contributed by atoms with Crippen LogP contribution in [0.25, 0.3) is 0 Å². The van der Waals surface area contributed by atoms with Crippen molar-refractivity contribution in [3.63, 3.8) is 0 Å². The van der Waals surface area contributed by atoms with Crippen molar-refractivity contribution in [3.05, 3.63) is 0 Å². The molecule has 0 saturated heterocycles. The van der Waals surface area contributed by atoms with Crippen molar-refractivity contribution in [1.82, 2.24) is 0 Å². The van der Waals surface area contributed by atoms with Gasteiger partial charge in [0.2, 0.25) is 0 Å². The molecule has 52 valence electrons. The molecule has 0 atom stereocenters. The molecule has 0 aromatic carbocycles. The molecule has 0 heterocycles. The molecule has 0 aromatic heterocycles. The van der Waals surface area contributed by atoms with Crippen molar-refractivity contribution in [2.24, 2.45) is 11.8 Å². The van der Waals surface area contributed by atoms with Gasteiger partial charge in [0, 0.05) is 0 Å². The molecule has 0 N–H and O–H groups in total. The van der Waals surface area contributed by atoms with Crippen LogP contribution in [0.4, 0.5) is 0 Å². The van der Waals surface area contributed by atoms with Crippen molar-refractivity contribution < 1.29 is 0 Å². The van der Waals surface area contributed by atoms with Crippen molar-refractivity contribution >= 4 is 8.78 Å². The quantitative estimate of drug-likeness (QED) is 0.504. The molecule has 0 amide bonds. The van der Waals surface area contributed by atoms with Crippen molar-refractivity contribution in [1.29, 1.82) is 0 Å². The summed E-state index contributed by atoms with van der Waals surface area (Å²) in [6, 6.07) is 0. The predicted molar refractivity (Wildman–Crippen MR) is 45.0 cm³/mol. The molecule has 0 rings (SSSR count). The van der Waals surface area contributed by atoms with E-state index in [9.17, 15) is 0 Å². The zero-order valence-electron chi connectivity index (χ0n) is 7.28. The van der Waals surface area contributed by atoms with Crippen LogP contribution in [0.2, 0.25) is 12.3 Å². The van der Waals surface area contributed by atoms with Gasteiger partial charge in [0.1, 0.15) is 0 Å². The zero-order chi connectivity index (χ0) is 7.28. The Kier molecular flexibility index (Phi) is 5.09. The first kappa shape index (κ1) is 9.17. The van der Waals surface area contributed by atoms with Gasteiger partial charge in [-0.25, -0.2) is 0 Å². The van der Waals surface area contributed by atoms with Crippen molar-refractivity contribution in [3.8, 4) is 0 Å². The Morgan fingerprint density at radius 3 is 1.44 bits per heavy atom. The maximum absolute atomic E-state index is 2.29. The van der Waals surface area contributed by atoms with Gasteiger partial charge in [-0.2, -0.15) is 0 Å². The summed E-state index contributed by atoms with van der Waals surface area (Å²) in [5.41, 5.74) is 0. The van der Waals surface area contributed by atoms with Crippen molar-refractivity contribution in [2.45, 2.75) is 40.0 Å². The Morgan fingerprint density at radius 1 is 0.889 bits per heavy atom. The normalized spacial score (nSPS) is 10.4. The molecule has 0 nitrogen and oxygen atoms in total. The summed E-state index contributed by atoms with van der Waals surface area (Å²) in [6.45, 7) is 9.17. The van der Waals surface area contributed by atoms with Gasteiger partial charge < -0.3 is 0 Å². The molecule has 0 bridgehead atoms. The minimum atomic E-state index is 0.892. The SMILES string of the molecule is CC(C)[CH2][Be][CH2]C(C)C. The van der Waals surface area contributed by atoms with E-state index >= 15 is 0 Å². The molecule has 0 saturated carbocycles. The second kappa shape index (κ2) is 4.99. The van der Waals surface area contributed by atoms with E-state index in [2.05, 4.69) is 27.7 Å². The molecule has 0 fully saturated rings. The summed E-state index contributed by atoms with van der Waals surface area (Å²) >= 11 is 0. The van der Waals surface area contributed by atoms with Crippen LogP contribution in [0.3, 0.4) is 0 Å². The Bertz CT molecular complexity index is 49.6. The standard InChI is InChI=1S/2C4H9.Be/c2*1-4(2)3;/h2*4H,1H2,2-3H3;. The number of hydrogen-bond acceptors (Lipinski definition) is 0. The minimum absolute atomic E-state index is 0.892. The fraction of sp³-hybridized carbons (Fsp3) is 1.00. The van der Waals surface area contributed by atoms with Crippen molar-refractivity contribution in [2.75, 3.05) is 0 Å². The molecular weight excluding hydrogens is 105 g/mol. The van der Waals surface area contributed by atoms with Gasteiger partial charge in [-0.1, -0.05) is 0 Å². The van der Waals surface area contributed by atoms with E-state index < -0.39 is 0 Å². The number of rotatable bonds is 4. The molecule has 0 aliphatic heterocycles. The first-order chi connectivity index (χ1) is 4.13. The summed E-state index contributed by atoms with van der Waals surface area (Å²) in [4.78, 5) is 0. The average Bonchev–Trinajstić information content (AvgIpc) is 1.63. The zero-order valence-corrected chi connectivity index (χ0v) is 7.28. The molecule has 0 aromatic rings. The summed E-state index contributed by atoms with van der Waals surface area (Å²) in [7, 11) is 1.41. The van der Waals surface area contributed by atoms with Gasteiger partial charge in [0.05, 0.1) is 0 Å². The van der Waals surface area contributed by atoms with Gasteiger partial charge >= 0.3 is 60.6 Å². The van der Waals surface area contributed by atoms with E-state index in [1.165, 1.54) is 21.1 Å². The monoisotopic (exact) mass is 123 g/mol. The van der Waals surface area contributed by atoms with Crippen LogP contribution in [0.15, 0.2) is 0 Å². The Balaban J connectivity index is 2.91. The summed E-state index contributed by atoms with van der Waals surface area (Å²) in [5, 5.41) is 0. The Hall–Kier alpha value is 0.169. The third kappa shape index (κ3) is 8.17.